The molecule has 0 spiro atoms. The average molecular weight is 436 g/mol. The number of aromatic hydroxyl groups is 1. The van der Waals surface area contributed by atoms with Gasteiger partial charge in [-0.15, -0.1) is 0 Å². The quantitative estimate of drug-likeness (QED) is 0.368. The van der Waals surface area contributed by atoms with E-state index in [1.807, 2.05) is 18.2 Å². The van der Waals surface area contributed by atoms with Crippen LogP contribution in [0.3, 0.4) is 0 Å². The summed E-state index contributed by atoms with van der Waals surface area (Å²) in [4.78, 5) is 4.54. The lowest BCUT2D eigenvalue weighted by Gasteiger charge is -2.18. The molecule has 4 aromatic rings. The van der Waals surface area contributed by atoms with Gasteiger partial charge in [0.2, 0.25) is 0 Å². The van der Waals surface area contributed by atoms with Crippen LogP contribution in [0.2, 0.25) is 0 Å². The molecule has 0 bridgehead atoms. The average Bonchev–Trinajstić information content (AvgIpc) is 3.09. The van der Waals surface area contributed by atoms with Gasteiger partial charge in [0.05, 0.1) is 22.3 Å². The molecule has 0 aliphatic carbocycles. The lowest BCUT2D eigenvalue weighted by Crippen LogP contribution is -2.10. The second kappa shape index (κ2) is 7.86. The van der Waals surface area contributed by atoms with Crippen LogP contribution in [-0.4, -0.2) is 14.7 Å². The fourth-order valence-corrected chi connectivity index (χ4v) is 3.55. The van der Waals surface area contributed by atoms with Crippen LogP contribution in [0.15, 0.2) is 66.7 Å². The summed E-state index contributed by atoms with van der Waals surface area (Å²) < 4.78 is 41.6. The molecule has 0 saturated heterocycles. The SMILES string of the molecule is CC(C)(C)c1ccc(/C=C/c2nc3ccc(C(F)(F)F)cc3n2-c2cccc(O)c2)cc1. The number of rotatable bonds is 3. The van der Waals surface area contributed by atoms with E-state index in [1.165, 1.54) is 23.8 Å². The molecule has 164 valence electrons. The molecule has 0 radical (unpaired) electrons. The summed E-state index contributed by atoms with van der Waals surface area (Å²) >= 11 is 0. The first-order valence-corrected chi connectivity index (χ1v) is 10.2. The van der Waals surface area contributed by atoms with E-state index in [0.717, 1.165) is 17.7 Å². The molecule has 0 aliphatic heterocycles. The van der Waals surface area contributed by atoms with E-state index in [0.29, 0.717) is 22.5 Å². The third-order valence-corrected chi connectivity index (χ3v) is 5.30. The van der Waals surface area contributed by atoms with Crippen molar-refractivity contribution in [3.8, 4) is 11.4 Å². The minimum Gasteiger partial charge on any atom is -0.508 e. The predicted octanol–water partition coefficient (Wildman–Crippen LogP) is 7.22. The summed E-state index contributed by atoms with van der Waals surface area (Å²) in [6.45, 7) is 6.43. The van der Waals surface area contributed by atoms with Crippen molar-refractivity contribution in [3.63, 3.8) is 0 Å². The summed E-state index contributed by atoms with van der Waals surface area (Å²) in [6.07, 6.45) is -0.825. The summed E-state index contributed by atoms with van der Waals surface area (Å²) in [6, 6.07) is 18.0. The van der Waals surface area contributed by atoms with Crippen LogP contribution in [0.25, 0.3) is 28.9 Å². The van der Waals surface area contributed by atoms with Gasteiger partial charge in [0, 0.05) is 6.07 Å². The molecule has 3 nitrogen and oxygen atoms in total. The smallest absolute Gasteiger partial charge is 0.416 e. The van der Waals surface area contributed by atoms with E-state index in [-0.39, 0.29) is 11.2 Å². The molecular weight excluding hydrogens is 413 g/mol. The number of halogens is 3. The Kier molecular flexibility index (Phi) is 5.33. The highest BCUT2D eigenvalue weighted by Gasteiger charge is 2.31. The first kappa shape index (κ1) is 21.7. The van der Waals surface area contributed by atoms with Crippen molar-refractivity contribution in [2.24, 2.45) is 0 Å². The Balaban J connectivity index is 1.83. The largest absolute Gasteiger partial charge is 0.508 e. The van der Waals surface area contributed by atoms with Crippen LogP contribution in [0.4, 0.5) is 13.2 Å². The van der Waals surface area contributed by atoms with Gasteiger partial charge in [0.25, 0.3) is 0 Å². The molecule has 0 aliphatic rings. The van der Waals surface area contributed by atoms with Crippen molar-refractivity contribution in [2.75, 3.05) is 0 Å². The Bertz CT molecular complexity index is 1290. The Morgan fingerprint density at radius 3 is 2.16 bits per heavy atom. The summed E-state index contributed by atoms with van der Waals surface area (Å²) in [5, 5.41) is 9.93. The van der Waals surface area contributed by atoms with Gasteiger partial charge in [-0.3, -0.25) is 4.57 Å². The van der Waals surface area contributed by atoms with E-state index in [4.69, 9.17) is 0 Å². The van der Waals surface area contributed by atoms with Crippen molar-refractivity contribution >= 4 is 23.2 Å². The number of nitrogens with zero attached hydrogens (tertiary/aromatic N) is 2. The molecule has 0 atom stereocenters. The van der Waals surface area contributed by atoms with E-state index >= 15 is 0 Å². The Morgan fingerprint density at radius 1 is 0.844 bits per heavy atom. The van der Waals surface area contributed by atoms with Crippen LogP contribution >= 0.6 is 0 Å². The van der Waals surface area contributed by atoms with Crippen LogP contribution in [0.5, 0.6) is 5.75 Å². The van der Waals surface area contributed by atoms with Crippen molar-refractivity contribution in [1.82, 2.24) is 9.55 Å². The molecular formula is C26H23F3N2O. The molecule has 0 unspecified atom stereocenters. The highest BCUT2D eigenvalue weighted by Crippen LogP contribution is 2.33. The number of phenols is 1. The van der Waals surface area contributed by atoms with E-state index < -0.39 is 11.7 Å². The highest BCUT2D eigenvalue weighted by molar-refractivity contribution is 5.83. The van der Waals surface area contributed by atoms with E-state index in [2.05, 4.69) is 37.9 Å². The molecule has 0 saturated carbocycles. The van der Waals surface area contributed by atoms with E-state index in [9.17, 15) is 18.3 Å². The molecule has 3 aromatic carbocycles. The number of benzene rings is 3. The van der Waals surface area contributed by atoms with Gasteiger partial charge in [0.15, 0.2) is 0 Å². The molecule has 1 aromatic heterocycles. The zero-order chi connectivity index (χ0) is 23.1. The van der Waals surface area contributed by atoms with Gasteiger partial charge in [-0.1, -0.05) is 57.2 Å². The molecule has 6 heteroatoms. The second-order valence-corrected chi connectivity index (χ2v) is 8.73. The van der Waals surface area contributed by atoms with Crippen molar-refractivity contribution in [1.29, 1.82) is 0 Å². The van der Waals surface area contributed by atoms with Gasteiger partial charge in [-0.05, 0) is 52.9 Å². The predicted molar refractivity (Wildman–Crippen MR) is 122 cm³/mol. The lowest BCUT2D eigenvalue weighted by molar-refractivity contribution is -0.137. The minimum absolute atomic E-state index is 0.0176. The molecule has 4 rings (SSSR count). The number of hydrogen-bond acceptors (Lipinski definition) is 2. The molecule has 1 heterocycles. The minimum atomic E-state index is -4.47. The normalized spacial score (nSPS) is 12.7. The highest BCUT2D eigenvalue weighted by atomic mass is 19.4. The first-order valence-electron chi connectivity index (χ1n) is 10.2. The number of aromatic nitrogens is 2. The van der Waals surface area contributed by atoms with Crippen molar-refractivity contribution < 1.29 is 18.3 Å². The van der Waals surface area contributed by atoms with Gasteiger partial charge < -0.3 is 5.11 Å². The Morgan fingerprint density at radius 2 is 1.53 bits per heavy atom. The summed E-state index contributed by atoms with van der Waals surface area (Å²) in [7, 11) is 0. The number of imidazole rings is 1. The van der Waals surface area contributed by atoms with Crippen LogP contribution < -0.4 is 0 Å². The second-order valence-electron chi connectivity index (χ2n) is 8.73. The molecule has 32 heavy (non-hydrogen) atoms. The molecule has 1 N–H and O–H groups in total. The fraction of sp³-hybridized carbons (Fsp3) is 0.192. The topological polar surface area (TPSA) is 38.0 Å². The van der Waals surface area contributed by atoms with Crippen LogP contribution in [-0.2, 0) is 11.6 Å². The van der Waals surface area contributed by atoms with Gasteiger partial charge in [-0.25, -0.2) is 4.98 Å². The number of hydrogen-bond donors (Lipinski definition) is 1. The van der Waals surface area contributed by atoms with Crippen molar-refractivity contribution in [3.05, 3.63) is 89.2 Å². The van der Waals surface area contributed by atoms with Crippen LogP contribution in [0.1, 0.15) is 43.3 Å². The van der Waals surface area contributed by atoms with Gasteiger partial charge >= 0.3 is 6.18 Å². The number of fused-ring (bicyclic) bond motifs is 1. The lowest BCUT2D eigenvalue weighted by atomic mass is 9.87. The fourth-order valence-electron chi connectivity index (χ4n) is 3.55. The standard InChI is InChI=1S/C26H23F3N2O/c1-25(2,3)18-10-7-17(8-11-18)9-14-24-30-22-13-12-19(26(27,28)29)15-23(22)31(24)20-5-4-6-21(32)16-20/h4-16,32H,1-3H3/b14-9+. The molecule has 0 amide bonds. The third-order valence-electron chi connectivity index (χ3n) is 5.30. The monoisotopic (exact) mass is 436 g/mol. The maximum Gasteiger partial charge on any atom is 0.416 e. The Labute approximate surface area is 184 Å². The van der Waals surface area contributed by atoms with Crippen LogP contribution in [0, 0.1) is 0 Å². The van der Waals surface area contributed by atoms with Gasteiger partial charge in [0.1, 0.15) is 11.6 Å². The zero-order valence-corrected chi connectivity index (χ0v) is 18.0. The van der Waals surface area contributed by atoms with Gasteiger partial charge in [-0.2, -0.15) is 13.2 Å². The zero-order valence-electron chi connectivity index (χ0n) is 18.0. The number of phenolic OH excluding ortho intramolecular Hbond substituents is 1. The summed E-state index contributed by atoms with van der Waals surface area (Å²) in [5.41, 5.74) is 2.72. The third kappa shape index (κ3) is 4.40. The maximum absolute atomic E-state index is 13.3. The van der Waals surface area contributed by atoms with E-state index in [1.54, 1.807) is 22.8 Å². The maximum atomic E-state index is 13.3. The Hall–Kier alpha value is -3.54. The molecule has 0 fully saturated rings. The number of alkyl halides is 3. The first-order chi connectivity index (χ1) is 15.0. The summed E-state index contributed by atoms with van der Waals surface area (Å²) in [5.74, 6) is 0.480. The van der Waals surface area contributed by atoms with Crippen molar-refractivity contribution in [2.45, 2.75) is 32.4 Å².